The van der Waals surface area contributed by atoms with Crippen LogP contribution in [0.1, 0.15) is 43.6 Å². The highest BCUT2D eigenvalue weighted by Crippen LogP contribution is 2.32. The van der Waals surface area contributed by atoms with E-state index in [-0.39, 0.29) is 11.4 Å². The molecule has 1 aromatic carbocycles. The molecule has 0 saturated heterocycles. The highest BCUT2D eigenvalue weighted by molar-refractivity contribution is 7.89. The number of benzene rings is 1. The second kappa shape index (κ2) is 6.23. The molecule has 0 aromatic heterocycles. The summed E-state index contributed by atoms with van der Waals surface area (Å²) in [6.07, 6.45) is 11.3. The Hall–Kier alpha value is -1.31. The largest absolute Gasteiger partial charge is 0.241 e. The maximum Gasteiger partial charge on any atom is 0.241 e. The first-order valence-electron chi connectivity index (χ1n) is 6.66. The normalized spacial score (nSPS) is 17.0. The predicted molar refractivity (Wildman–Crippen MR) is 76.3 cm³/mol. The zero-order valence-corrected chi connectivity index (χ0v) is 11.7. The Morgan fingerprint density at radius 3 is 2.37 bits per heavy atom. The van der Waals surface area contributed by atoms with Crippen LogP contribution in [-0.2, 0) is 10.0 Å². The minimum absolute atomic E-state index is 0.0205. The van der Waals surface area contributed by atoms with Gasteiger partial charge in [0.25, 0.3) is 0 Å². The van der Waals surface area contributed by atoms with Crippen LogP contribution in [0.5, 0.6) is 0 Å². The number of terminal acetylenes is 1. The van der Waals surface area contributed by atoms with Gasteiger partial charge >= 0.3 is 0 Å². The van der Waals surface area contributed by atoms with Crippen molar-refractivity contribution in [2.24, 2.45) is 0 Å². The average molecular weight is 277 g/mol. The first kappa shape index (κ1) is 14.1. The van der Waals surface area contributed by atoms with Gasteiger partial charge in [0.2, 0.25) is 10.0 Å². The molecule has 2 rings (SSSR count). The van der Waals surface area contributed by atoms with E-state index in [4.69, 9.17) is 6.42 Å². The van der Waals surface area contributed by atoms with E-state index in [0.717, 1.165) is 0 Å². The highest BCUT2D eigenvalue weighted by Gasteiger charge is 2.17. The topological polar surface area (TPSA) is 46.2 Å². The summed E-state index contributed by atoms with van der Waals surface area (Å²) in [7, 11) is -3.46. The Bertz CT molecular complexity index is 549. The molecule has 1 fully saturated rings. The molecule has 19 heavy (non-hydrogen) atoms. The first-order chi connectivity index (χ1) is 9.13. The summed E-state index contributed by atoms with van der Waals surface area (Å²) < 4.78 is 26.1. The first-order valence-corrected chi connectivity index (χ1v) is 8.15. The molecule has 102 valence electrons. The Kier molecular flexibility index (Phi) is 4.62. The molecule has 0 heterocycles. The van der Waals surface area contributed by atoms with Crippen molar-refractivity contribution < 1.29 is 8.42 Å². The molecule has 0 radical (unpaired) electrons. The lowest BCUT2D eigenvalue weighted by Crippen LogP contribution is -2.23. The quantitative estimate of drug-likeness (QED) is 0.860. The fourth-order valence-corrected chi connectivity index (χ4v) is 3.51. The van der Waals surface area contributed by atoms with E-state index in [1.54, 1.807) is 12.1 Å². The van der Waals surface area contributed by atoms with E-state index >= 15 is 0 Å². The maximum atomic E-state index is 11.9. The van der Waals surface area contributed by atoms with Crippen LogP contribution in [0.15, 0.2) is 29.2 Å². The smallest absolute Gasteiger partial charge is 0.207 e. The molecule has 1 aromatic rings. The van der Waals surface area contributed by atoms with Crippen molar-refractivity contribution in [1.29, 1.82) is 0 Å². The van der Waals surface area contributed by atoms with Gasteiger partial charge in [0.05, 0.1) is 11.4 Å². The maximum absolute atomic E-state index is 11.9. The van der Waals surface area contributed by atoms with E-state index in [1.807, 2.05) is 12.1 Å². The lowest BCUT2D eigenvalue weighted by atomic mass is 9.84. The van der Waals surface area contributed by atoms with E-state index in [2.05, 4.69) is 10.6 Å². The molecule has 0 unspecified atom stereocenters. The van der Waals surface area contributed by atoms with Crippen LogP contribution >= 0.6 is 0 Å². The van der Waals surface area contributed by atoms with E-state index in [9.17, 15) is 8.42 Å². The highest BCUT2D eigenvalue weighted by atomic mass is 32.2. The number of hydrogen-bond acceptors (Lipinski definition) is 2. The molecular weight excluding hydrogens is 258 g/mol. The van der Waals surface area contributed by atoms with Gasteiger partial charge in [-0.2, -0.15) is 4.72 Å². The summed E-state index contributed by atoms with van der Waals surface area (Å²) in [6, 6.07) is 7.20. The third-order valence-electron chi connectivity index (χ3n) is 3.63. The Balaban J connectivity index is 2.12. The summed E-state index contributed by atoms with van der Waals surface area (Å²) in [5.41, 5.74) is 1.25. The predicted octanol–water partition coefficient (Wildman–Crippen LogP) is 2.65. The standard InChI is InChI=1S/C15H19NO2S/c1-2-12-16-19(17,18)15-10-8-14(9-11-15)13-6-4-3-5-7-13/h1,8-11,13,16H,3-7,12H2. The van der Waals surface area contributed by atoms with Gasteiger partial charge in [0, 0.05) is 0 Å². The van der Waals surface area contributed by atoms with Crippen molar-refractivity contribution in [3.63, 3.8) is 0 Å². The Morgan fingerprint density at radius 1 is 1.16 bits per heavy atom. The van der Waals surface area contributed by atoms with Crippen molar-refractivity contribution in [2.75, 3.05) is 6.54 Å². The summed E-state index contributed by atoms with van der Waals surface area (Å²) in [5, 5.41) is 0. The molecule has 0 spiro atoms. The van der Waals surface area contributed by atoms with Crippen LogP contribution in [0.2, 0.25) is 0 Å². The molecule has 0 aliphatic heterocycles. The second-order valence-corrected chi connectivity index (χ2v) is 6.70. The minimum atomic E-state index is -3.46. The van der Waals surface area contributed by atoms with Gasteiger partial charge in [-0.1, -0.05) is 37.3 Å². The van der Waals surface area contributed by atoms with Crippen LogP contribution < -0.4 is 4.72 Å². The van der Waals surface area contributed by atoms with Crippen LogP contribution in [0.3, 0.4) is 0 Å². The molecule has 1 saturated carbocycles. The van der Waals surface area contributed by atoms with Crippen LogP contribution in [0, 0.1) is 12.3 Å². The fourth-order valence-electron chi connectivity index (χ4n) is 2.58. The summed E-state index contributed by atoms with van der Waals surface area (Å²) in [6.45, 7) is 0.0205. The third-order valence-corrected chi connectivity index (χ3v) is 5.05. The van der Waals surface area contributed by atoms with Gasteiger partial charge in [-0.05, 0) is 36.5 Å². The SMILES string of the molecule is C#CCNS(=O)(=O)c1ccc(C2CCCCC2)cc1. The summed E-state index contributed by atoms with van der Waals surface area (Å²) >= 11 is 0. The van der Waals surface area contributed by atoms with Crippen molar-refractivity contribution in [2.45, 2.75) is 42.9 Å². The second-order valence-electron chi connectivity index (χ2n) is 4.93. The van der Waals surface area contributed by atoms with Crippen molar-refractivity contribution >= 4 is 10.0 Å². The van der Waals surface area contributed by atoms with Crippen molar-refractivity contribution in [3.05, 3.63) is 29.8 Å². The van der Waals surface area contributed by atoms with Crippen molar-refractivity contribution in [1.82, 2.24) is 4.72 Å². The zero-order valence-electron chi connectivity index (χ0n) is 10.9. The lowest BCUT2D eigenvalue weighted by molar-refractivity contribution is 0.443. The van der Waals surface area contributed by atoms with Gasteiger partial charge in [-0.3, -0.25) is 0 Å². The molecule has 3 nitrogen and oxygen atoms in total. The Morgan fingerprint density at radius 2 is 1.79 bits per heavy atom. The van der Waals surface area contributed by atoms with Gasteiger partial charge in [-0.15, -0.1) is 6.42 Å². The molecule has 1 aliphatic carbocycles. The van der Waals surface area contributed by atoms with E-state index < -0.39 is 10.0 Å². The molecule has 1 N–H and O–H groups in total. The molecule has 0 atom stereocenters. The number of hydrogen-bond donors (Lipinski definition) is 1. The minimum Gasteiger partial charge on any atom is -0.207 e. The third kappa shape index (κ3) is 3.59. The van der Waals surface area contributed by atoms with E-state index in [1.165, 1.54) is 37.7 Å². The van der Waals surface area contributed by atoms with Gasteiger partial charge in [-0.25, -0.2) is 8.42 Å². The van der Waals surface area contributed by atoms with Gasteiger partial charge in [0.15, 0.2) is 0 Å². The van der Waals surface area contributed by atoms with Gasteiger partial charge in [0.1, 0.15) is 0 Å². The fraction of sp³-hybridized carbons (Fsp3) is 0.467. The van der Waals surface area contributed by atoms with Gasteiger partial charge < -0.3 is 0 Å². The Labute approximate surface area is 115 Å². The number of nitrogens with one attached hydrogen (secondary N) is 1. The molecule has 4 heteroatoms. The van der Waals surface area contributed by atoms with Crippen LogP contribution in [0.4, 0.5) is 0 Å². The summed E-state index contributed by atoms with van der Waals surface area (Å²) in [5.74, 6) is 2.85. The molecule has 0 amide bonds. The molecule has 1 aliphatic rings. The molecule has 0 bridgehead atoms. The monoisotopic (exact) mass is 277 g/mol. The van der Waals surface area contributed by atoms with Crippen molar-refractivity contribution in [3.8, 4) is 12.3 Å². The molecular formula is C15H19NO2S. The zero-order chi connectivity index (χ0) is 13.7. The van der Waals surface area contributed by atoms with E-state index in [0.29, 0.717) is 5.92 Å². The summed E-state index contributed by atoms with van der Waals surface area (Å²) in [4.78, 5) is 0.280. The lowest BCUT2D eigenvalue weighted by Gasteiger charge is -2.22. The number of sulfonamides is 1. The average Bonchev–Trinajstić information content (AvgIpc) is 2.46. The number of rotatable bonds is 4. The van der Waals surface area contributed by atoms with Crippen LogP contribution in [-0.4, -0.2) is 15.0 Å². The van der Waals surface area contributed by atoms with Crippen LogP contribution in [0.25, 0.3) is 0 Å².